The van der Waals surface area contributed by atoms with Crippen molar-refractivity contribution in [1.82, 2.24) is 10.2 Å². The zero-order chi connectivity index (χ0) is 21.3. The summed E-state index contributed by atoms with van der Waals surface area (Å²) in [6, 6.07) is 9.54. The molecular weight excluding hydrogens is 380 g/mol. The van der Waals surface area contributed by atoms with Gasteiger partial charge in [0.05, 0.1) is 12.5 Å². The Balaban J connectivity index is 1.35. The molecule has 3 fully saturated rings. The van der Waals surface area contributed by atoms with Crippen LogP contribution in [-0.4, -0.2) is 54.2 Å². The number of ether oxygens (including phenoxy) is 1. The van der Waals surface area contributed by atoms with Crippen LogP contribution < -0.4 is 5.32 Å². The molecule has 6 heteroatoms. The fraction of sp³-hybridized carbons (Fsp3) is 0.667. The van der Waals surface area contributed by atoms with Gasteiger partial charge in [0.25, 0.3) is 5.91 Å². The minimum Gasteiger partial charge on any atom is -0.466 e. The van der Waals surface area contributed by atoms with E-state index < -0.39 is 5.60 Å². The third-order valence-electron chi connectivity index (χ3n) is 7.29. The number of nitrogens with zero attached hydrogens (tertiary/aromatic N) is 1. The third kappa shape index (κ3) is 4.00. The van der Waals surface area contributed by atoms with Gasteiger partial charge < -0.3 is 20.1 Å². The molecule has 1 heterocycles. The zero-order valence-corrected chi connectivity index (χ0v) is 18.0. The Morgan fingerprint density at radius 1 is 1.20 bits per heavy atom. The number of esters is 1. The fourth-order valence-corrected chi connectivity index (χ4v) is 5.57. The molecule has 0 bridgehead atoms. The van der Waals surface area contributed by atoms with Crippen LogP contribution in [0.3, 0.4) is 0 Å². The van der Waals surface area contributed by atoms with E-state index in [2.05, 4.69) is 10.2 Å². The first-order valence-electron chi connectivity index (χ1n) is 11.4. The standard InChI is InChI=1S/C24H34N2O4/c1-3-30-22(27)16(2)13-26-14-19-20(15-26)21(19)25-23(28)24(29,18-11-7-8-12-18)17-9-5-4-6-10-17/h4-6,9-10,16,18-21,29H,3,7-8,11-15H2,1-2H3,(H,25,28). The third-order valence-corrected chi connectivity index (χ3v) is 7.29. The molecule has 1 aromatic rings. The lowest BCUT2D eigenvalue weighted by Gasteiger charge is -2.34. The van der Waals surface area contributed by atoms with E-state index in [0.29, 0.717) is 30.6 Å². The van der Waals surface area contributed by atoms with Gasteiger partial charge in [0.1, 0.15) is 0 Å². The highest BCUT2D eigenvalue weighted by atomic mass is 16.5. The van der Waals surface area contributed by atoms with Gasteiger partial charge in [-0.1, -0.05) is 50.1 Å². The van der Waals surface area contributed by atoms with E-state index in [0.717, 1.165) is 38.8 Å². The first kappa shape index (κ1) is 21.3. The number of hydrogen-bond acceptors (Lipinski definition) is 5. The molecular formula is C24H34N2O4. The van der Waals surface area contributed by atoms with Crippen LogP contribution in [0.15, 0.2) is 30.3 Å². The first-order valence-corrected chi connectivity index (χ1v) is 11.4. The summed E-state index contributed by atoms with van der Waals surface area (Å²) in [5, 5.41) is 14.8. The van der Waals surface area contributed by atoms with Crippen LogP contribution in [0.1, 0.15) is 45.1 Å². The molecule has 1 saturated heterocycles. The molecule has 2 aliphatic carbocycles. The maximum Gasteiger partial charge on any atom is 0.309 e. The second-order valence-corrected chi connectivity index (χ2v) is 9.31. The number of likely N-dealkylation sites (tertiary alicyclic amines) is 1. The number of fused-ring (bicyclic) bond motifs is 1. The lowest BCUT2D eigenvalue weighted by Crippen LogP contribution is -2.51. The predicted molar refractivity (Wildman–Crippen MR) is 113 cm³/mol. The van der Waals surface area contributed by atoms with Gasteiger partial charge >= 0.3 is 5.97 Å². The monoisotopic (exact) mass is 414 g/mol. The number of nitrogens with one attached hydrogen (secondary N) is 1. The Bertz CT molecular complexity index is 752. The number of rotatable bonds is 8. The van der Waals surface area contributed by atoms with E-state index in [1.54, 1.807) is 0 Å². The SMILES string of the molecule is CCOC(=O)C(C)CN1CC2C(C1)C2NC(=O)C(O)(c1ccccc1)C1CCCC1. The molecule has 6 nitrogen and oxygen atoms in total. The minimum atomic E-state index is -1.45. The van der Waals surface area contributed by atoms with Crippen molar-refractivity contribution in [2.75, 3.05) is 26.2 Å². The van der Waals surface area contributed by atoms with Crippen LogP contribution in [0, 0.1) is 23.7 Å². The number of carbonyl (C=O) groups excluding carboxylic acids is 2. The molecule has 1 aromatic carbocycles. The van der Waals surface area contributed by atoms with E-state index in [4.69, 9.17) is 4.74 Å². The second-order valence-electron chi connectivity index (χ2n) is 9.31. The summed E-state index contributed by atoms with van der Waals surface area (Å²) in [4.78, 5) is 27.5. The van der Waals surface area contributed by atoms with Crippen LogP contribution >= 0.6 is 0 Å². The lowest BCUT2D eigenvalue weighted by molar-refractivity contribution is -0.148. The molecule has 0 aromatic heterocycles. The van der Waals surface area contributed by atoms with E-state index in [-0.39, 0.29) is 29.8 Å². The van der Waals surface area contributed by atoms with Crippen LogP contribution in [-0.2, 0) is 19.9 Å². The molecule has 1 aliphatic heterocycles. The molecule has 2 N–H and O–H groups in total. The number of amides is 1. The summed E-state index contributed by atoms with van der Waals surface area (Å²) in [6.45, 7) is 6.60. The summed E-state index contributed by atoms with van der Waals surface area (Å²) in [5.74, 6) is 0.263. The Labute approximate surface area is 179 Å². The molecule has 3 aliphatic rings. The van der Waals surface area contributed by atoms with E-state index in [9.17, 15) is 14.7 Å². The smallest absolute Gasteiger partial charge is 0.309 e. The highest BCUT2D eigenvalue weighted by Crippen LogP contribution is 2.47. The highest BCUT2D eigenvalue weighted by molar-refractivity contribution is 5.87. The predicted octanol–water partition coefficient (Wildman–Crippen LogP) is 2.31. The normalized spacial score (nSPS) is 29.1. The van der Waals surface area contributed by atoms with E-state index >= 15 is 0 Å². The maximum absolute atomic E-state index is 13.3. The Hall–Kier alpha value is -1.92. The summed E-state index contributed by atoms with van der Waals surface area (Å²) in [5.41, 5.74) is -0.752. The average molecular weight is 415 g/mol. The van der Waals surface area contributed by atoms with Crippen LogP contribution in [0.25, 0.3) is 0 Å². The lowest BCUT2D eigenvalue weighted by atomic mass is 9.79. The fourth-order valence-electron chi connectivity index (χ4n) is 5.57. The van der Waals surface area contributed by atoms with Crippen molar-refractivity contribution >= 4 is 11.9 Å². The largest absolute Gasteiger partial charge is 0.466 e. The minimum absolute atomic E-state index is 0.0274. The molecule has 2 saturated carbocycles. The van der Waals surface area contributed by atoms with Gasteiger partial charge in [-0.15, -0.1) is 0 Å². The summed E-state index contributed by atoms with van der Waals surface area (Å²) in [7, 11) is 0. The van der Waals surface area contributed by atoms with Crippen molar-refractivity contribution in [3.8, 4) is 0 Å². The number of benzene rings is 1. The van der Waals surface area contributed by atoms with Gasteiger partial charge in [0, 0.05) is 31.6 Å². The number of carbonyl (C=O) groups is 2. The molecule has 1 amide bonds. The highest BCUT2D eigenvalue weighted by Gasteiger charge is 2.58. The van der Waals surface area contributed by atoms with Gasteiger partial charge in [0.15, 0.2) is 5.60 Å². The Morgan fingerprint density at radius 3 is 2.43 bits per heavy atom. The molecule has 0 radical (unpaired) electrons. The van der Waals surface area contributed by atoms with Crippen molar-refractivity contribution in [3.05, 3.63) is 35.9 Å². The van der Waals surface area contributed by atoms with Crippen molar-refractivity contribution in [2.24, 2.45) is 23.7 Å². The summed E-state index contributed by atoms with van der Waals surface area (Å²) < 4.78 is 5.10. The topological polar surface area (TPSA) is 78.9 Å². The van der Waals surface area contributed by atoms with E-state index in [1.165, 1.54) is 0 Å². The maximum atomic E-state index is 13.3. The van der Waals surface area contributed by atoms with Crippen LogP contribution in [0.5, 0.6) is 0 Å². The van der Waals surface area contributed by atoms with Gasteiger partial charge in [-0.2, -0.15) is 0 Å². The van der Waals surface area contributed by atoms with Crippen molar-refractivity contribution < 1.29 is 19.4 Å². The molecule has 4 unspecified atom stereocenters. The average Bonchev–Trinajstić information content (AvgIpc) is 3.17. The number of aliphatic hydroxyl groups is 1. The summed E-state index contributed by atoms with van der Waals surface area (Å²) in [6.07, 6.45) is 3.90. The van der Waals surface area contributed by atoms with Gasteiger partial charge in [-0.25, -0.2) is 0 Å². The van der Waals surface area contributed by atoms with Gasteiger partial charge in [-0.05, 0) is 37.2 Å². The van der Waals surface area contributed by atoms with Crippen LogP contribution in [0.4, 0.5) is 0 Å². The quantitative estimate of drug-likeness (QED) is 0.638. The molecule has 4 atom stereocenters. The van der Waals surface area contributed by atoms with Gasteiger partial charge in [0.2, 0.25) is 0 Å². The Morgan fingerprint density at radius 2 is 1.83 bits per heavy atom. The molecule has 30 heavy (non-hydrogen) atoms. The Kier molecular flexibility index (Phi) is 6.16. The van der Waals surface area contributed by atoms with Crippen molar-refractivity contribution in [2.45, 2.75) is 51.2 Å². The zero-order valence-electron chi connectivity index (χ0n) is 18.0. The number of hydrogen-bond donors (Lipinski definition) is 2. The molecule has 164 valence electrons. The second kappa shape index (κ2) is 8.67. The van der Waals surface area contributed by atoms with Crippen LogP contribution in [0.2, 0.25) is 0 Å². The van der Waals surface area contributed by atoms with Crippen molar-refractivity contribution in [3.63, 3.8) is 0 Å². The van der Waals surface area contributed by atoms with Crippen molar-refractivity contribution in [1.29, 1.82) is 0 Å². The van der Waals surface area contributed by atoms with Gasteiger partial charge in [-0.3, -0.25) is 9.59 Å². The molecule has 4 rings (SSSR count). The van der Waals surface area contributed by atoms with E-state index in [1.807, 2.05) is 44.2 Å². The molecule has 0 spiro atoms. The first-order chi connectivity index (χ1) is 14.4. The number of piperidine rings is 1. The summed E-state index contributed by atoms with van der Waals surface area (Å²) >= 11 is 0.